The van der Waals surface area contributed by atoms with Crippen LogP contribution in [0.5, 0.6) is 0 Å². The molecule has 1 fully saturated rings. The lowest BCUT2D eigenvalue weighted by atomic mass is 9.70. The zero-order chi connectivity index (χ0) is 22.3. The molecule has 3 aromatic carbocycles. The number of para-hydroxylation sites is 1. The van der Waals surface area contributed by atoms with Gasteiger partial charge < -0.3 is 15.0 Å². The zero-order valence-electron chi connectivity index (χ0n) is 17.7. The molecular formula is C26H23N3O3. The van der Waals surface area contributed by atoms with Crippen LogP contribution in [0.3, 0.4) is 0 Å². The van der Waals surface area contributed by atoms with Gasteiger partial charge in [0.2, 0.25) is 11.8 Å². The molecule has 2 amide bonds. The monoisotopic (exact) mass is 425 g/mol. The van der Waals surface area contributed by atoms with Gasteiger partial charge in [-0.15, -0.1) is 0 Å². The van der Waals surface area contributed by atoms with Crippen LogP contribution in [0.2, 0.25) is 0 Å². The lowest BCUT2D eigenvalue weighted by molar-refractivity contribution is -0.130. The second-order valence-corrected chi connectivity index (χ2v) is 8.34. The Morgan fingerprint density at radius 1 is 0.969 bits per heavy atom. The summed E-state index contributed by atoms with van der Waals surface area (Å²) in [5.74, 6) is -1.30. The van der Waals surface area contributed by atoms with E-state index in [9.17, 15) is 14.8 Å². The van der Waals surface area contributed by atoms with Crippen LogP contribution in [-0.4, -0.2) is 41.2 Å². The van der Waals surface area contributed by atoms with E-state index in [2.05, 4.69) is 5.16 Å². The third-order valence-corrected chi connectivity index (χ3v) is 6.54. The van der Waals surface area contributed by atoms with Gasteiger partial charge in [0.05, 0.1) is 6.54 Å². The Bertz CT molecular complexity index is 1210. The standard InChI is InChI=1S/C26H23N3O3/c1-28-17-26(22(24(28)30)23(27-32)19-12-6-3-7-13-19)20-14-8-9-15-21(20)29(25(26)31)16-18-10-4-2-5-11-18/h2-15,22,32H,16-17H2,1H3/b27-23+/t22-,26+/m1/s1. The maximum atomic E-state index is 14.2. The maximum Gasteiger partial charge on any atom is 0.241 e. The number of fused-ring (bicyclic) bond motifs is 2. The summed E-state index contributed by atoms with van der Waals surface area (Å²) in [6.07, 6.45) is 0. The summed E-state index contributed by atoms with van der Waals surface area (Å²) in [7, 11) is 1.69. The van der Waals surface area contributed by atoms with Crippen molar-refractivity contribution in [2.24, 2.45) is 11.1 Å². The Kier molecular flexibility index (Phi) is 4.78. The zero-order valence-corrected chi connectivity index (χ0v) is 17.7. The Morgan fingerprint density at radius 2 is 1.59 bits per heavy atom. The largest absolute Gasteiger partial charge is 0.411 e. The fraction of sp³-hybridized carbons (Fsp3) is 0.192. The highest BCUT2D eigenvalue weighted by Crippen LogP contribution is 2.51. The number of hydrogen-bond donors (Lipinski definition) is 1. The van der Waals surface area contributed by atoms with Gasteiger partial charge in [0.15, 0.2) is 0 Å². The number of benzene rings is 3. The molecule has 6 heteroatoms. The quantitative estimate of drug-likeness (QED) is 0.395. The molecule has 2 heterocycles. The van der Waals surface area contributed by atoms with Gasteiger partial charge in [-0.2, -0.15) is 0 Å². The average Bonchev–Trinajstić information content (AvgIpc) is 3.22. The van der Waals surface area contributed by atoms with Crippen LogP contribution in [0.15, 0.2) is 90.1 Å². The number of likely N-dealkylation sites (N-methyl/N-ethyl adjacent to an activating group) is 1. The summed E-state index contributed by atoms with van der Waals surface area (Å²) in [6, 6.07) is 26.5. The molecule has 1 spiro atoms. The van der Waals surface area contributed by atoms with Crippen molar-refractivity contribution < 1.29 is 14.8 Å². The van der Waals surface area contributed by atoms with Crippen molar-refractivity contribution in [3.63, 3.8) is 0 Å². The molecule has 0 aromatic heterocycles. The molecule has 2 aliphatic rings. The van der Waals surface area contributed by atoms with Crippen molar-refractivity contribution in [2.45, 2.75) is 12.0 Å². The number of nitrogens with zero attached hydrogens (tertiary/aromatic N) is 3. The minimum absolute atomic E-state index is 0.151. The van der Waals surface area contributed by atoms with Crippen molar-refractivity contribution in [3.05, 3.63) is 102 Å². The highest BCUT2D eigenvalue weighted by atomic mass is 16.4. The topological polar surface area (TPSA) is 73.2 Å². The molecule has 32 heavy (non-hydrogen) atoms. The minimum Gasteiger partial charge on any atom is -0.411 e. The molecule has 0 aliphatic carbocycles. The number of anilines is 1. The molecule has 2 aliphatic heterocycles. The van der Waals surface area contributed by atoms with Gasteiger partial charge in [-0.25, -0.2) is 0 Å². The smallest absolute Gasteiger partial charge is 0.241 e. The summed E-state index contributed by atoms with van der Waals surface area (Å²) >= 11 is 0. The lowest BCUT2D eigenvalue weighted by Gasteiger charge is -2.29. The summed E-state index contributed by atoms with van der Waals surface area (Å²) < 4.78 is 0. The number of hydrogen-bond acceptors (Lipinski definition) is 4. The second kappa shape index (κ2) is 7.64. The van der Waals surface area contributed by atoms with E-state index in [1.165, 1.54) is 0 Å². The predicted octanol–water partition coefficient (Wildman–Crippen LogP) is 3.44. The molecule has 2 atom stereocenters. The molecule has 0 bridgehead atoms. The van der Waals surface area contributed by atoms with Gasteiger partial charge in [0, 0.05) is 24.8 Å². The SMILES string of the molecule is CN1C[C@@]2(C(=O)N(Cc3ccccc3)c3ccccc32)[C@H](/C(=N/O)c2ccccc2)C1=O. The fourth-order valence-corrected chi connectivity index (χ4v) is 5.12. The van der Waals surface area contributed by atoms with Crippen molar-refractivity contribution in [3.8, 4) is 0 Å². The first-order valence-electron chi connectivity index (χ1n) is 10.6. The fourth-order valence-electron chi connectivity index (χ4n) is 5.12. The number of rotatable bonds is 4. The van der Waals surface area contributed by atoms with E-state index in [0.29, 0.717) is 12.1 Å². The van der Waals surface area contributed by atoms with Gasteiger partial charge in [0.1, 0.15) is 17.0 Å². The Labute approximate surface area is 186 Å². The normalized spacial score (nSPS) is 22.7. The molecule has 0 unspecified atom stereocenters. The number of oxime groups is 1. The molecule has 6 nitrogen and oxygen atoms in total. The van der Waals surface area contributed by atoms with Crippen LogP contribution >= 0.6 is 0 Å². The van der Waals surface area contributed by atoms with Crippen LogP contribution in [0, 0.1) is 5.92 Å². The Hall–Kier alpha value is -3.93. The average molecular weight is 425 g/mol. The summed E-state index contributed by atoms with van der Waals surface area (Å²) in [4.78, 5) is 30.9. The summed E-state index contributed by atoms with van der Waals surface area (Å²) in [5, 5.41) is 13.6. The number of carbonyl (C=O) groups is 2. The van der Waals surface area contributed by atoms with Gasteiger partial charge in [0.25, 0.3) is 0 Å². The minimum atomic E-state index is -1.16. The molecule has 3 aromatic rings. The van der Waals surface area contributed by atoms with E-state index in [1.807, 2.05) is 72.8 Å². The molecular weight excluding hydrogens is 402 g/mol. The molecule has 0 radical (unpaired) electrons. The first-order valence-corrected chi connectivity index (χ1v) is 10.6. The van der Waals surface area contributed by atoms with Crippen molar-refractivity contribution in [1.29, 1.82) is 0 Å². The van der Waals surface area contributed by atoms with E-state index in [4.69, 9.17) is 0 Å². The van der Waals surface area contributed by atoms with Crippen molar-refractivity contribution in [2.75, 3.05) is 18.5 Å². The van der Waals surface area contributed by atoms with Crippen LogP contribution in [0.1, 0.15) is 16.7 Å². The van der Waals surface area contributed by atoms with Crippen LogP contribution in [-0.2, 0) is 21.5 Å². The molecule has 1 N–H and O–H groups in total. The highest BCUT2D eigenvalue weighted by Gasteiger charge is 2.64. The third-order valence-electron chi connectivity index (χ3n) is 6.54. The van der Waals surface area contributed by atoms with Gasteiger partial charge >= 0.3 is 0 Å². The lowest BCUT2D eigenvalue weighted by Crippen LogP contribution is -2.49. The van der Waals surface area contributed by atoms with Crippen molar-refractivity contribution >= 4 is 23.2 Å². The maximum absolute atomic E-state index is 14.2. The van der Waals surface area contributed by atoms with Crippen LogP contribution in [0.4, 0.5) is 5.69 Å². The molecule has 0 saturated carbocycles. The van der Waals surface area contributed by atoms with E-state index in [1.54, 1.807) is 29.0 Å². The molecule has 160 valence electrons. The Morgan fingerprint density at radius 3 is 2.28 bits per heavy atom. The first-order chi connectivity index (χ1) is 15.6. The van der Waals surface area contributed by atoms with Gasteiger partial charge in [-0.05, 0) is 17.2 Å². The summed E-state index contributed by atoms with van der Waals surface area (Å²) in [6.45, 7) is 0.628. The highest BCUT2D eigenvalue weighted by molar-refractivity contribution is 6.22. The molecule has 1 saturated heterocycles. The van der Waals surface area contributed by atoms with Crippen LogP contribution < -0.4 is 4.90 Å². The van der Waals surface area contributed by atoms with E-state index >= 15 is 0 Å². The first kappa shape index (κ1) is 20.0. The third kappa shape index (κ3) is 2.83. The second-order valence-electron chi connectivity index (χ2n) is 8.34. The Balaban J connectivity index is 1.68. The number of amides is 2. The molecule has 5 rings (SSSR count). The number of likely N-dealkylation sites (tertiary alicyclic amines) is 1. The summed E-state index contributed by atoms with van der Waals surface area (Å²) in [5.41, 5.74) is 2.26. The van der Waals surface area contributed by atoms with Gasteiger partial charge in [-0.1, -0.05) is 84.0 Å². The van der Waals surface area contributed by atoms with E-state index in [-0.39, 0.29) is 24.1 Å². The predicted molar refractivity (Wildman–Crippen MR) is 122 cm³/mol. The number of carbonyl (C=O) groups excluding carboxylic acids is 2. The van der Waals surface area contributed by atoms with Crippen molar-refractivity contribution in [1.82, 2.24) is 4.90 Å². The van der Waals surface area contributed by atoms with E-state index < -0.39 is 11.3 Å². The van der Waals surface area contributed by atoms with E-state index in [0.717, 1.165) is 16.8 Å². The van der Waals surface area contributed by atoms with Crippen LogP contribution in [0.25, 0.3) is 0 Å². The van der Waals surface area contributed by atoms with Gasteiger partial charge in [-0.3, -0.25) is 9.59 Å².